The summed E-state index contributed by atoms with van der Waals surface area (Å²) in [5.74, 6) is -10.6. The lowest BCUT2D eigenvalue weighted by atomic mass is 9.54. The van der Waals surface area contributed by atoms with Crippen LogP contribution in [0.3, 0.4) is 0 Å². The molecule has 1 fully saturated rings. The molecule has 1 aromatic carbocycles. The normalized spacial score (nSPS) is 29.7. The van der Waals surface area contributed by atoms with Crippen LogP contribution in [-0.2, 0) is 19.2 Å². The highest BCUT2D eigenvalue weighted by Gasteiger charge is 2.68. The summed E-state index contributed by atoms with van der Waals surface area (Å²) in [4.78, 5) is 53.4. The summed E-state index contributed by atoms with van der Waals surface area (Å²) in [6.07, 6.45) is -0.0712. The molecule has 0 saturated heterocycles. The zero-order valence-corrected chi connectivity index (χ0v) is 23.5. The third-order valence-electron chi connectivity index (χ3n) is 8.69. The Labute approximate surface area is 241 Å². The van der Waals surface area contributed by atoms with Crippen molar-refractivity contribution >= 4 is 34.8 Å². The van der Waals surface area contributed by atoms with Crippen LogP contribution in [0.1, 0.15) is 43.2 Å². The Morgan fingerprint density at radius 1 is 1.14 bits per heavy atom. The van der Waals surface area contributed by atoms with E-state index < -0.39 is 93.3 Å². The topological polar surface area (TPSA) is 263 Å². The number of primary amides is 1. The van der Waals surface area contributed by atoms with E-state index in [0.29, 0.717) is 31.4 Å². The molecule has 5 unspecified atom stereocenters. The van der Waals surface area contributed by atoms with Crippen LogP contribution in [0, 0.1) is 11.8 Å². The molecule has 12 N–H and O–H groups in total. The van der Waals surface area contributed by atoms with Crippen molar-refractivity contribution in [2.75, 3.05) is 26.0 Å². The number of phenolic OH excluding ortho intramolecular Hbond substituents is 1. The molecule has 3 aliphatic carbocycles. The number of likely N-dealkylation sites (N-methyl/N-ethyl adjacent to an activating group) is 1. The Hall–Kier alpha value is -3.82. The van der Waals surface area contributed by atoms with Crippen molar-refractivity contribution in [1.29, 1.82) is 0 Å². The molecular weight excluding hydrogens is 550 g/mol. The van der Waals surface area contributed by atoms with E-state index >= 15 is 0 Å². The standard InChI is InChI=1S/C28H37N5O9/c1-10-11-7-8-13(32-27(41)12(30)6-4-5-9-29)20(34)15(11)21(35)16-14(10)22(36)18-19(33(2)3)23(37)17(26(31)40)25(39)28(18,42)24(16)38/h7-8,10,12,14,18-19,22,34-36,39,42H,4-6,9,29-30H2,1-3H3,(H2,31,40)(H,32,41)/t10?,12-,14?,18?,19-,22?,28?/m0/s1. The van der Waals surface area contributed by atoms with Gasteiger partial charge in [0, 0.05) is 11.5 Å². The van der Waals surface area contributed by atoms with Gasteiger partial charge >= 0.3 is 0 Å². The number of hydrogen-bond acceptors (Lipinski definition) is 12. The summed E-state index contributed by atoms with van der Waals surface area (Å²) in [7, 11) is 2.86. The number of nitrogens with zero attached hydrogens (tertiary/aromatic N) is 1. The highest BCUT2D eigenvalue weighted by atomic mass is 16.4. The van der Waals surface area contributed by atoms with Crippen LogP contribution in [-0.4, -0.2) is 98.2 Å². The van der Waals surface area contributed by atoms with E-state index in [1.54, 1.807) is 6.92 Å². The van der Waals surface area contributed by atoms with Crippen LogP contribution in [0.4, 0.5) is 5.69 Å². The van der Waals surface area contributed by atoms with Crippen molar-refractivity contribution < 1.29 is 44.7 Å². The van der Waals surface area contributed by atoms with Crippen molar-refractivity contribution in [2.24, 2.45) is 29.0 Å². The van der Waals surface area contributed by atoms with Gasteiger partial charge in [-0.1, -0.05) is 19.4 Å². The largest absolute Gasteiger partial charge is 0.508 e. The van der Waals surface area contributed by atoms with E-state index in [2.05, 4.69) is 5.32 Å². The Bertz CT molecular complexity index is 1420. The van der Waals surface area contributed by atoms with Gasteiger partial charge in [-0.2, -0.15) is 0 Å². The molecule has 2 amide bonds. The third kappa shape index (κ3) is 4.46. The van der Waals surface area contributed by atoms with E-state index in [1.807, 2.05) is 0 Å². The first-order valence-electron chi connectivity index (χ1n) is 13.6. The number of benzene rings is 1. The summed E-state index contributed by atoms with van der Waals surface area (Å²) in [5.41, 5.74) is 12.2. The van der Waals surface area contributed by atoms with Gasteiger partial charge in [-0.25, -0.2) is 0 Å². The quantitative estimate of drug-likeness (QED) is 0.0996. The van der Waals surface area contributed by atoms with Gasteiger partial charge in [0.05, 0.1) is 35.4 Å². The first kappa shape index (κ1) is 31.1. The highest BCUT2D eigenvalue weighted by Crippen LogP contribution is 2.56. The number of Topliss-reactive ketones (excluding diaryl/α,β-unsaturated/α-hetero) is 2. The minimum Gasteiger partial charge on any atom is -0.508 e. The number of carbonyl (C=O) groups is 4. The predicted octanol–water partition coefficient (Wildman–Crippen LogP) is -1.11. The third-order valence-corrected chi connectivity index (χ3v) is 8.69. The average molecular weight is 588 g/mol. The molecule has 3 aliphatic rings. The van der Waals surface area contributed by atoms with Crippen LogP contribution in [0.5, 0.6) is 5.75 Å². The highest BCUT2D eigenvalue weighted by molar-refractivity contribution is 6.24. The summed E-state index contributed by atoms with van der Waals surface area (Å²) >= 11 is 0. The number of nitrogens with two attached hydrogens (primary N) is 3. The van der Waals surface area contributed by atoms with Gasteiger partial charge < -0.3 is 48.1 Å². The Kier molecular flexibility index (Phi) is 8.23. The monoisotopic (exact) mass is 587 g/mol. The van der Waals surface area contributed by atoms with Gasteiger partial charge in [0.15, 0.2) is 11.4 Å². The number of anilines is 1. The number of ketones is 2. The molecule has 0 radical (unpaired) electrons. The SMILES string of the molecule is CC1c2ccc(NC(=O)[C@@H](N)CCCCN)c(O)c2C(O)=C2C(=O)C3(O)C(O)=C(C(N)=O)C(=O)[C@@H](N(C)C)C3C(O)C21. The zero-order chi connectivity index (χ0) is 31.4. The number of rotatable bonds is 8. The zero-order valence-electron chi connectivity index (χ0n) is 23.5. The van der Waals surface area contributed by atoms with Gasteiger partial charge in [-0.3, -0.25) is 24.1 Å². The van der Waals surface area contributed by atoms with Crippen LogP contribution in [0.15, 0.2) is 29.0 Å². The van der Waals surface area contributed by atoms with E-state index in [9.17, 15) is 44.7 Å². The fourth-order valence-corrected chi connectivity index (χ4v) is 6.58. The number of amides is 2. The first-order chi connectivity index (χ1) is 19.6. The fourth-order valence-electron chi connectivity index (χ4n) is 6.58. The van der Waals surface area contributed by atoms with Crippen LogP contribution in [0.2, 0.25) is 0 Å². The molecule has 0 bridgehead atoms. The lowest BCUT2D eigenvalue weighted by Crippen LogP contribution is -2.70. The second-order valence-electron chi connectivity index (χ2n) is 11.4. The van der Waals surface area contributed by atoms with E-state index in [4.69, 9.17) is 17.2 Å². The molecule has 42 heavy (non-hydrogen) atoms. The number of aliphatic hydroxyl groups excluding tert-OH is 3. The Morgan fingerprint density at radius 3 is 2.36 bits per heavy atom. The Morgan fingerprint density at radius 2 is 1.79 bits per heavy atom. The molecule has 0 spiro atoms. The van der Waals surface area contributed by atoms with Crippen molar-refractivity contribution in [3.05, 3.63) is 40.2 Å². The molecule has 4 rings (SSSR count). The molecule has 0 heterocycles. The molecule has 1 aromatic rings. The minimum atomic E-state index is -3.01. The molecule has 1 saturated carbocycles. The number of unbranched alkanes of at least 4 members (excludes halogenated alkanes) is 1. The number of fused-ring (bicyclic) bond motifs is 3. The second-order valence-corrected chi connectivity index (χ2v) is 11.4. The van der Waals surface area contributed by atoms with Gasteiger partial charge in [-0.05, 0) is 51.0 Å². The van der Waals surface area contributed by atoms with E-state index in [1.165, 1.54) is 31.1 Å². The van der Waals surface area contributed by atoms with Gasteiger partial charge in [0.25, 0.3) is 5.91 Å². The predicted molar refractivity (Wildman–Crippen MR) is 150 cm³/mol. The van der Waals surface area contributed by atoms with Crippen molar-refractivity contribution in [3.63, 3.8) is 0 Å². The number of phenols is 1. The fraction of sp³-hybridized carbons (Fsp3) is 0.500. The smallest absolute Gasteiger partial charge is 0.255 e. The maximum atomic E-state index is 14.0. The summed E-state index contributed by atoms with van der Waals surface area (Å²) < 4.78 is 0. The molecular formula is C28H37N5O9. The summed E-state index contributed by atoms with van der Waals surface area (Å²) in [6.45, 7) is 2.06. The molecule has 14 heteroatoms. The molecule has 0 aromatic heterocycles. The molecule has 228 valence electrons. The first-order valence-corrected chi connectivity index (χ1v) is 13.6. The van der Waals surface area contributed by atoms with Gasteiger partial charge in [0.2, 0.25) is 11.7 Å². The number of aliphatic hydroxyl groups is 4. The maximum Gasteiger partial charge on any atom is 0.255 e. The summed E-state index contributed by atoms with van der Waals surface area (Å²) in [5, 5.41) is 59.4. The van der Waals surface area contributed by atoms with E-state index in [0.717, 1.165) is 0 Å². The lowest BCUT2D eigenvalue weighted by Gasteiger charge is -2.53. The number of carbonyl (C=O) groups excluding carboxylic acids is 4. The second kappa shape index (κ2) is 11.1. The molecule has 0 aliphatic heterocycles. The average Bonchev–Trinajstić information content (AvgIpc) is 2.91. The van der Waals surface area contributed by atoms with Crippen molar-refractivity contribution in [1.82, 2.24) is 4.90 Å². The minimum absolute atomic E-state index is 0.110. The number of nitrogens with one attached hydrogen (secondary N) is 1. The maximum absolute atomic E-state index is 14.0. The molecule has 7 atom stereocenters. The van der Waals surface area contributed by atoms with Crippen molar-refractivity contribution in [2.45, 2.75) is 55.9 Å². The van der Waals surface area contributed by atoms with Gasteiger partial charge in [0.1, 0.15) is 22.8 Å². The Balaban J connectivity index is 1.86. The number of hydrogen-bond donors (Lipinski definition) is 9. The van der Waals surface area contributed by atoms with E-state index in [-0.39, 0.29) is 11.3 Å². The van der Waals surface area contributed by atoms with Crippen LogP contribution < -0.4 is 22.5 Å². The van der Waals surface area contributed by atoms with Crippen LogP contribution >= 0.6 is 0 Å². The molecule has 14 nitrogen and oxygen atoms in total. The van der Waals surface area contributed by atoms with Crippen LogP contribution in [0.25, 0.3) is 5.76 Å². The lowest BCUT2D eigenvalue weighted by molar-refractivity contribution is -0.169. The van der Waals surface area contributed by atoms with Crippen molar-refractivity contribution in [3.8, 4) is 5.75 Å². The summed E-state index contributed by atoms with van der Waals surface area (Å²) in [6, 6.07) is 0.542. The van der Waals surface area contributed by atoms with Gasteiger partial charge in [-0.15, -0.1) is 0 Å². The number of aromatic hydroxyl groups is 1.